The molecule has 1 N–H and O–H groups in total. The van der Waals surface area contributed by atoms with Gasteiger partial charge in [-0.15, -0.1) is 5.10 Å². The van der Waals surface area contributed by atoms with Crippen LogP contribution in [0.3, 0.4) is 0 Å². The van der Waals surface area contributed by atoms with Crippen LogP contribution in [0.25, 0.3) is 0 Å². The fourth-order valence-electron chi connectivity index (χ4n) is 3.47. The van der Waals surface area contributed by atoms with Gasteiger partial charge in [-0.3, -0.25) is 9.59 Å². The van der Waals surface area contributed by atoms with Crippen LogP contribution in [0.4, 0.5) is 4.39 Å². The second kappa shape index (κ2) is 8.95. The van der Waals surface area contributed by atoms with E-state index in [1.165, 1.54) is 18.2 Å². The van der Waals surface area contributed by atoms with E-state index in [1.807, 2.05) is 0 Å². The fourth-order valence-corrected chi connectivity index (χ4v) is 3.83. The summed E-state index contributed by atoms with van der Waals surface area (Å²) in [6, 6.07) is 4.15. The summed E-state index contributed by atoms with van der Waals surface area (Å²) in [5.74, 6) is -0.344. The number of hydrogen-bond donors (Lipinski definition) is 1. The minimum Gasteiger partial charge on any atom is -0.484 e. The fraction of sp³-hybridized carbons (Fsp3) is 0.429. The Morgan fingerprint density at radius 3 is 2.80 bits per heavy atom. The highest BCUT2D eigenvalue weighted by Crippen LogP contribution is 2.32. The molecule has 2 aromatic rings. The molecule has 1 aliphatic heterocycles. The van der Waals surface area contributed by atoms with Gasteiger partial charge in [0.1, 0.15) is 23.4 Å². The number of ether oxygens (including phenoxy) is 1. The predicted octanol–water partition coefficient (Wildman–Crippen LogP) is 3.38. The number of likely N-dealkylation sites (tertiary alicyclic amines) is 1. The molecule has 9 heteroatoms. The first-order valence-electron chi connectivity index (χ1n) is 9.67. The van der Waals surface area contributed by atoms with E-state index in [1.54, 1.807) is 32.7 Å². The second-order valence-corrected chi connectivity index (χ2v) is 7.90. The molecule has 0 spiro atoms. The summed E-state index contributed by atoms with van der Waals surface area (Å²) < 4.78 is 19.9. The topological polar surface area (TPSA) is 84.4 Å². The van der Waals surface area contributed by atoms with Crippen LogP contribution >= 0.6 is 11.6 Å². The van der Waals surface area contributed by atoms with Crippen LogP contribution in [0, 0.1) is 19.7 Å². The van der Waals surface area contributed by atoms with Gasteiger partial charge < -0.3 is 15.0 Å². The highest BCUT2D eigenvalue weighted by molar-refractivity contribution is 6.31. The highest BCUT2D eigenvalue weighted by Gasteiger charge is 2.25. The number of aromatic nitrogens is 2. The molecule has 160 valence electrons. The number of nitrogens with zero attached hydrogens (tertiary/aromatic N) is 3. The molecule has 0 radical (unpaired) electrons. The van der Waals surface area contributed by atoms with Crippen LogP contribution in [0.1, 0.15) is 53.2 Å². The summed E-state index contributed by atoms with van der Waals surface area (Å²) in [7, 11) is 1.71. The third-order valence-corrected chi connectivity index (χ3v) is 5.56. The summed E-state index contributed by atoms with van der Waals surface area (Å²) >= 11 is 6.25. The SMILES string of the molecule is Cc1nnc(C(=O)NC2CCC(=O)N(C)C2)cc1OC(C)c1c(Cl)ccc(F)c1C. The van der Waals surface area contributed by atoms with E-state index in [0.29, 0.717) is 47.0 Å². The van der Waals surface area contributed by atoms with Gasteiger partial charge >= 0.3 is 0 Å². The van der Waals surface area contributed by atoms with Crippen molar-refractivity contribution in [1.29, 1.82) is 0 Å². The minimum absolute atomic E-state index is 0.0617. The van der Waals surface area contributed by atoms with Crippen molar-refractivity contribution < 1.29 is 18.7 Å². The Hall–Kier alpha value is -2.74. The van der Waals surface area contributed by atoms with Crippen molar-refractivity contribution in [3.8, 4) is 5.75 Å². The third kappa shape index (κ3) is 4.70. The van der Waals surface area contributed by atoms with Crippen molar-refractivity contribution in [2.45, 2.75) is 45.8 Å². The van der Waals surface area contributed by atoms with Crippen molar-refractivity contribution >= 4 is 23.4 Å². The first-order chi connectivity index (χ1) is 14.2. The summed E-state index contributed by atoms with van der Waals surface area (Å²) in [5, 5.41) is 11.3. The molecule has 7 nitrogen and oxygen atoms in total. The van der Waals surface area contributed by atoms with Gasteiger partial charge in [0.05, 0.1) is 0 Å². The molecule has 1 aromatic carbocycles. The maximum Gasteiger partial charge on any atom is 0.272 e. The Morgan fingerprint density at radius 1 is 1.37 bits per heavy atom. The molecule has 2 heterocycles. The van der Waals surface area contributed by atoms with E-state index in [0.717, 1.165) is 0 Å². The number of piperidine rings is 1. The van der Waals surface area contributed by atoms with Gasteiger partial charge in [0, 0.05) is 42.7 Å². The normalized spacial score (nSPS) is 17.6. The van der Waals surface area contributed by atoms with Gasteiger partial charge in [0.15, 0.2) is 5.69 Å². The maximum absolute atomic E-state index is 14.0. The van der Waals surface area contributed by atoms with Crippen molar-refractivity contribution in [1.82, 2.24) is 20.4 Å². The Labute approximate surface area is 179 Å². The van der Waals surface area contributed by atoms with E-state index < -0.39 is 12.0 Å². The summed E-state index contributed by atoms with van der Waals surface area (Å²) in [6.45, 7) is 5.54. The van der Waals surface area contributed by atoms with Gasteiger partial charge in [-0.2, -0.15) is 5.10 Å². The molecular formula is C21H24ClFN4O3. The standard InChI is InChI=1S/C21H24ClFN4O3/c1-11-16(23)7-6-15(22)20(11)13(3)30-18-9-17(26-25-12(18)2)21(29)24-14-5-8-19(28)27(4)10-14/h6-7,9,13-14H,5,8,10H2,1-4H3,(H,24,29). The Bertz CT molecular complexity index is 985. The van der Waals surface area contributed by atoms with Crippen molar-refractivity contribution in [3.63, 3.8) is 0 Å². The molecule has 1 aromatic heterocycles. The molecular weight excluding hydrogens is 411 g/mol. The lowest BCUT2D eigenvalue weighted by atomic mass is 10.0. The summed E-state index contributed by atoms with van der Waals surface area (Å²) in [4.78, 5) is 25.8. The van der Waals surface area contributed by atoms with Crippen LogP contribution in [0.5, 0.6) is 5.75 Å². The summed E-state index contributed by atoms with van der Waals surface area (Å²) in [6.07, 6.45) is 0.400. The molecule has 0 aliphatic carbocycles. The zero-order valence-corrected chi connectivity index (χ0v) is 18.1. The molecule has 0 bridgehead atoms. The number of likely N-dealkylation sites (N-methyl/N-ethyl adjacent to an activating group) is 1. The van der Waals surface area contributed by atoms with E-state index in [2.05, 4.69) is 15.5 Å². The minimum atomic E-state index is -0.565. The highest BCUT2D eigenvalue weighted by atomic mass is 35.5. The van der Waals surface area contributed by atoms with Crippen LogP contribution in [-0.4, -0.2) is 46.5 Å². The van der Waals surface area contributed by atoms with E-state index in [4.69, 9.17) is 16.3 Å². The van der Waals surface area contributed by atoms with Gasteiger partial charge in [-0.05, 0) is 44.9 Å². The lowest BCUT2D eigenvalue weighted by Gasteiger charge is -2.30. The summed E-state index contributed by atoms with van der Waals surface area (Å²) in [5.41, 5.74) is 1.54. The molecule has 0 saturated carbocycles. The van der Waals surface area contributed by atoms with Crippen LogP contribution in [0.15, 0.2) is 18.2 Å². The van der Waals surface area contributed by atoms with Gasteiger partial charge in [-0.25, -0.2) is 4.39 Å². The monoisotopic (exact) mass is 434 g/mol. The van der Waals surface area contributed by atoms with Gasteiger partial charge in [0.2, 0.25) is 5.91 Å². The van der Waals surface area contributed by atoms with Crippen molar-refractivity contribution in [3.05, 3.63) is 51.6 Å². The Balaban J connectivity index is 1.76. The van der Waals surface area contributed by atoms with Crippen LogP contribution in [-0.2, 0) is 4.79 Å². The molecule has 2 amide bonds. The van der Waals surface area contributed by atoms with Crippen molar-refractivity contribution in [2.75, 3.05) is 13.6 Å². The number of carbonyl (C=O) groups is 2. The molecule has 3 rings (SSSR count). The molecule has 1 aliphatic rings. The number of carbonyl (C=O) groups excluding carboxylic acids is 2. The zero-order valence-electron chi connectivity index (χ0n) is 17.3. The van der Waals surface area contributed by atoms with Gasteiger partial charge in [0.25, 0.3) is 5.91 Å². The van der Waals surface area contributed by atoms with Crippen LogP contribution < -0.4 is 10.1 Å². The number of aryl methyl sites for hydroxylation is 1. The second-order valence-electron chi connectivity index (χ2n) is 7.49. The van der Waals surface area contributed by atoms with Crippen molar-refractivity contribution in [2.24, 2.45) is 0 Å². The maximum atomic E-state index is 14.0. The average molecular weight is 435 g/mol. The molecule has 1 fully saturated rings. The molecule has 1 saturated heterocycles. The average Bonchev–Trinajstić information content (AvgIpc) is 2.69. The molecule has 2 unspecified atom stereocenters. The third-order valence-electron chi connectivity index (χ3n) is 5.23. The lowest BCUT2D eigenvalue weighted by Crippen LogP contribution is -2.48. The van der Waals surface area contributed by atoms with Crippen LogP contribution in [0.2, 0.25) is 5.02 Å². The number of amides is 2. The Kier molecular flexibility index (Phi) is 6.55. The van der Waals surface area contributed by atoms with Gasteiger partial charge in [-0.1, -0.05) is 11.6 Å². The number of hydrogen-bond acceptors (Lipinski definition) is 5. The predicted molar refractivity (Wildman–Crippen MR) is 110 cm³/mol. The number of benzene rings is 1. The quantitative estimate of drug-likeness (QED) is 0.779. The number of nitrogens with one attached hydrogen (secondary N) is 1. The Morgan fingerprint density at radius 2 is 2.10 bits per heavy atom. The first kappa shape index (κ1) is 22.0. The van der Waals surface area contributed by atoms with E-state index in [9.17, 15) is 14.0 Å². The lowest BCUT2D eigenvalue weighted by molar-refractivity contribution is -0.132. The van der Waals surface area contributed by atoms with E-state index >= 15 is 0 Å². The molecule has 2 atom stereocenters. The molecule has 30 heavy (non-hydrogen) atoms. The van der Waals surface area contributed by atoms with E-state index in [-0.39, 0.29) is 23.5 Å². The number of rotatable bonds is 5. The number of halogens is 2. The smallest absolute Gasteiger partial charge is 0.272 e. The largest absolute Gasteiger partial charge is 0.484 e. The first-order valence-corrected chi connectivity index (χ1v) is 10.1. The zero-order chi connectivity index (χ0) is 22.0.